The first-order valence-corrected chi connectivity index (χ1v) is 6.15. The molecule has 0 saturated carbocycles. The van der Waals surface area contributed by atoms with Crippen molar-refractivity contribution >= 4 is 9.84 Å². The second-order valence-corrected chi connectivity index (χ2v) is 4.96. The summed E-state index contributed by atoms with van der Waals surface area (Å²) in [7, 11) is -3.11. The first kappa shape index (κ1) is 11.0. The molecule has 0 saturated heterocycles. The number of sulfone groups is 1. The highest BCUT2D eigenvalue weighted by Crippen LogP contribution is 2.15. The second-order valence-electron chi connectivity index (χ2n) is 2.95. The van der Waals surface area contributed by atoms with Crippen LogP contribution in [0, 0.1) is 6.92 Å². The van der Waals surface area contributed by atoms with Crippen LogP contribution < -0.4 is 4.74 Å². The van der Waals surface area contributed by atoms with Gasteiger partial charge in [-0.25, -0.2) is 8.42 Å². The molecule has 3 nitrogen and oxygen atoms in total. The Morgan fingerprint density at radius 1 is 1.29 bits per heavy atom. The van der Waals surface area contributed by atoms with Gasteiger partial charge in [-0.3, -0.25) is 0 Å². The number of ether oxygens (including phenoxy) is 1. The van der Waals surface area contributed by atoms with Gasteiger partial charge < -0.3 is 4.74 Å². The van der Waals surface area contributed by atoms with E-state index >= 15 is 0 Å². The van der Waals surface area contributed by atoms with Crippen LogP contribution in [-0.2, 0) is 9.84 Å². The first-order valence-electron chi connectivity index (χ1n) is 4.26. The molecular weight excluding hydrogens is 200 g/mol. The Hall–Kier alpha value is -1.03. The minimum absolute atomic E-state index is 0.305. The number of hydrogen-bond acceptors (Lipinski definition) is 3. The van der Waals surface area contributed by atoms with Crippen LogP contribution in [0.15, 0.2) is 29.2 Å². The van der Waals surface area contributed by atoms with Gasteiger partial charge in [0, 0.05) is 6.26 Å². The summed E-state index contributed by atoms with van der Waals surface area (Å²) >= 11 is 0. The highest BCUT2D eigenvalue weighted by atomic mass is 32.2. The summed E-state index contributed by atoms with van der Waals surface area (Å²) in [6.45, 7) is 4.18. The SMILES string of the molecule is [CH2]CCOc1ccc(S(C)(=O)=O)cc1. The van der Waals surface area contributed by atoms with Crippen molar-refractivity contribution in [2.24, 2.45) is 0 Å². The molecule has 1 radical (unpaired) electrons. The first-order chi connectivity index (χ1) is 6.54. The van der Waals surface area contributed by atoms with Crippen molar-refractivity contribution < 1.29 is 13.2 Å². The molecule has 1 rings (SSSR count). The van der Waals surface area contributed by atoms with E-state index in [0.717, 1.165) is 0 Å². The molecule has 0 aliphatic carbocycles. The van der Waals surface area contributed by atoms with Gasteiger partial charge in [-0.15, -0.1) is 0 Å². The van der Waals surface area contributed by atoms with Crippen LogP contribution in [0.2, 0.25) is 0 Å². The molecule has 0 atom stereocenters. The molecule has 0 aliphatic rings. The van der Waals surface area contributed by atoms with Crippen LogP contribution in [0.4, 0.5) is 0 Å². The van der Waals surface area contributed by atoms with Crippen molar-refractivity contribution in [1.82, 2.24) is 0 Å². The maximum absolute atomic E-state index is 11.1. The molecule has 0 bridgehead atoms. The maximum Gasteiger partial charge on any atom is 0.175 e. The molecule has 0 heterocycles. The van der Waals surface area contributed by atoms with E-state index in [1.807, 2.05) is 0 Å². The van der Waals surface area contributed by atoms with Gasteiger partial charge in [0.1, 0.15) is 5.75 Å². The van der Waals surface area contributed by atoms with Gasteiger partial charge in [0.2, 0.25) is 0 Å². The van der Waals surface area contributed by atoms with E-state index < -0.39 is 9.84 Å². The molecule has 0 aromatic heterocycles. The van der Waals surface area contributed by atoms with Gasteiger partial charge in [-0.05, 0) is 37.6 Å². The highest BCUT2D eigenvalue weighted by Gasteiger charge is 2.05. The summed E-state index contributed by atoms with van der Waals surface area (Å²) in [5.41, 5.74) is 0. The third-order valence-corrected chi connectivity index (χ3v) is 2.79. The molecular formula is C10H13O3S. The number of rotatable bonds is 4. The van der Waals surface area contributed by atoms with Gasteiger partial charge in [0.15, 0.2) is 9.84 Å². The summed E-state index contributed by atoms with van der Waals surface area (Å²) in [6, 6.07) is 6.36. The Labute approximate surface area is 84.6 Å². The Bertz CT molecular complexity index is 378. The fourth-order valence-corrected chi connectivity index (χ4v) is 1.60. The van der Waals surface area contributed by atoms with Gasteiger partial charge in [-0.1, -0.05) is 0 Å². The Kier molecular flexibility index (Phi) is 3.52. The van der Waals surface area contributed by atoms with Crippen LogP contribution in [0.3, 0.4) is 0 Å². The van der Waals surface area contributed by atoms with Crippen molar-refractivity contribution in [1.29, 1.82) is 0 Å². The lowest BCUT2D eigenvalue weighted by Gasteiger charge is -2.04. The van der Waals surface area contributed by atoms with Crippen molar-refractivity contribution in [3.8, 4) is 5.75 Å². The second kappa shape index (κ2) is 4.46. The predicted molar refractivity (Wildman–Crippen MR) is 55.0 cm³/mol. The van der Waals surface area contributed by atoms with Gasteiger partial charge in [0.05, 0.1) is 11.5 Å². The molecule has 1 aromatic carbocycles. The third kappa shape index (κ3) is 3.03. The molecule has 0 spiro atoms. The Morgan fingerprint density at radius 3 is 2.29 bits per heavy atom. The van der Waals surface area contributed by atoms with E-state index in [9.17, 15) is 8.42 Å². The van der Waals surface area contributed by atoms with Crippen molar-refractivity contribution in [2.75, 3.05) is 12.9 Å². The lowest BCUT2D eigenvalue weighted by molar-refractivity contribution is 0.324. The predicted octanol–water partition coefficient (Wildman–Crippen LogP) is 1.69. The maximum atomic E-state index is 11.1. The summed E-state index contributed by atoms with van der Waals surface area (Å²) in [5, 5.41) is 0. The van der Waals surface area contributed by atoms with E-state index in [0.29, 0.717) is 23.7 Å². The molecule has 0 aliphatic heterocycles. The van der Waals surface area contributed by atoms with E-state index in [2.05, 4.69) is 6.92 Å². The molecule has 0 fully saturated rings. The summed E-state index contributed by atoms with van der Waals surface area (Å²) < 4.78 is 27.5. The lowest BCUT2D eigenvalue weighted by atomic mass is 10.3. The van der Waals surface area contributed by atoms with E-state index in [-0.39, 0.29) is 0 Å². The molecule has 14 heavy (non-hydrogen) atoms. The zero-order chi connectivity index (χ0) is 10.6. The van der Waals surface area contributed by atoms with Gasteiger partial charge in [-0.2, -0.15) is 0 Å². The average molecular weight is 213 g/mol. The van der Waals surface area contributed by atoms with Crippen LogP contribution in [0.5, 0.6) is 5.75 Å². The fourth-order valence-electron chi connectivity index (χ4n) is 0.973. The molecule has 0 unspecified atom stereocenters. The quantitative estimate of drug-likeness (QED) is 0.764. The van der Waals surface area contributed by atoms with Crippen LogP contribution >= 0.6 is 0 Å². The molecule has 0 amide bonds. The van der Waals surface area contributed by atoms with Crippen molar-refractivity contribution in [2.45, 2.75) is 11.3 Å². The zero-order valence-electron chi connectivity index (χ0n) is 8.06. The molecule has 0 N–H and O–H groups in total. The topological polar surface area (TPSA) is 43.4 Å². The lowest BCUT2D eigenvalue weighted by Crippen LogP contribution is -1.98. The van der Waals surface area contributed by atoms with Gasteiger partial charge in [0.25, 0.3) is 0 Å². The largest absolute Gasteiger partial charge is 0.494 e. The van der Waals surface area contributed by atoms with E-state index in [4.69, 9.17) is 4.74 Å². The summed E-state index contributed by atoms with van der Waals surface area (Å²) in [5.74, 6) is 0.668. The van der Waals surface area contributed by atoms with Crippen LogP contribution in [0.25, 0.3) is 0 Å². The van der Waals surface area contributed by atoms with Crippen LogP contribution in [0.1, 0.15) is 6.42 Å². The minimum atomic E-state index is -3.11. The highest BCUT2D eigenvalue weighted by molar-refractivity contribution is 7.90. The normalized spacial score (nSPS) is 11.3. The molecule has 1 aromatic rings. The van der Waals surface area contributed by atoms with Gasteiger partial charge >= 0.3 is 0 Å². The Balaban J connectivity index is 2.79. The smallest absolute Gasteiger partial charge is 0.175 e. The fraction of sp³-hybridized carbons (Fsp3) is 0.300. The zero-order valence-corrected chi connectivity index (χ0v) is 8.88. The summed E-state index contributed by atoms with van der Waals surface area (Å²) in [6.07, 6.45) is 1.87. The molecule has 77 valence electrons. The summed E-state index contributed by atoms with van der Waals surface area (Å²) in [4.78, 5) is 0.305. The number of benzene rings is 1. The minimum Gasteiger partial charge on any atom is -0.494 e. The Morgan fingerprint density at radius 2 is 1.86 bits per heavy atom. The standard InChI is InChI=1S/C10H13O3S/c1-3-8-13-9-4-6-10(7-5-9)14(2,11)12/h4-7H,1,3,8H2,2H3. The average Bonchev–Trinajstić information content (AvgIpc) is 2.14. The molecule has 4 heteroatoms. The van der Waals surface area contributed by atoms with E-state index in [1.54, 1.807) is 12.1 Å². The number of hydrogen-bond donors (Lipinski definition) is 0. The van der Waals surface area contributed by atoms with Crippen molar-refractivity contribution in [3.63, 3.8) is 0 Å². The monoisotopic (exact) mass is 213 g/mol. The van der Waals surface area contributed by atoms with E-state index in [1.165, 1.54) is 18.4 Å². The third-order valence-electron chi connectivity index (χ3n) is 1.66. The van der Waals surface area contributed by atoms with Crippen molar-refractivity contribution in [3.05, 3.63) is 31.2 Å². The van der Waals surface area contributed by atoms with Crippen LogP contribution in [-0.4, -0.2) is 21.3 Å².